The van der Waals surface area contributed by atoms with Crippen molar-refractivity contribution in [3.8, 4) is 0 Å². The fraction of sp³-hybridized carbons (Fsp3) is 1.00. The van der Waals surface area contributed by atoms with Crippen LogP contribution in [0, 0.1) is 0 Å². The second kappa shape index (κ2) is 8.26. The molecule has 0 aliphatic heterocycles. The summed E-state index contributed by atoms with van der Waals surface area (Å²) in [7, 11) is 2.41. The van der Waals surface area contributed by atoms with Gasteiger partial charge in [0, 0.05) is 18.1 Å². The van der Waals surface area contributed by atoms with Gasteiger partial charge in [0.2, 0.25) is 0 Å². The summed E-state index contributed by atoms with van der Waals surface area (Å²) >= 11 is 0. The number of nitrogens with zero attached hydrogens (tertiary/aromatic N) is 1. The van der Waals surface area contributed by atoms with Gasteiger partial charge in [0.05, 0.1) is 0 Å². The average Bonchev–Trinajstić information content (AvgIpc) is 2.43. The van der Waals surface area contributed by atoms with Crippen LogP contribution in [0.1, 0.15) is 77.6 Å². The van der Waals surface area contributed by atoms with E-state index >= 15 is 0 Å². The maximum atomic E-state index is 3.78. The third kappa shape index (κ3) is 4.46. The Morgan fingerprint density at radius 1 is 0.842 bits per heavy atom. The van der Waals surface area contributed by atoms with Crippen molar-refractivity contribution in [1.82, 2.24) is 10.2 Å². The minimum atomic E-state index is 0.734. The van der Waals surface area contributed by atoms with Gasteiger partial charge in [-0.25, -0.2) is 0 Å². The summed E-state index contributed by atoms with van der Waals surface area (Å²) in [6, 6.07) is 2.37. The van der Waals surface area contributed by atoms with E-state index in [1.165, 1.54) is 70.6 Å². The second-order valence-electron chi connectivity index (χ2n) is 6.68. The lowest BCUT2D eigenvalue weighted by Gasteiger charge is -2.42. The van der Waals surface area contributed by atoms with Gasteiger partial charge in [0.1, 0.15) is 0 Å². The summed E-state index contributed by atoms with van der Waals surface area (Å²) in [5.74, 6) is 0. The highest BCUT2D eigenvalue weighted by molar-refractivity contribution is 4.88. The molecule has 2 fully saturated rings. The molecule has 0 saturated heterocycles. The highest BCUT2D eigenvalue weighted by Crippen LogP contribution is 2.28. The predicted octanol–water partition coefficient (Wildman–Crippen LogP) is 3.95. The van der Waals surface area contributed by atoms with Gasteiger partial charge in [-0.1, -0.05) is 51.9 Å². The van der Waals surface area contributed by atoms with Crippen LogP contribution in [-0.4, -0.2) is 36.6 Å². The molecule has 0 aromatic heterocycles. The molecule has 2 unspecified atom stereocenters. The topological polar surface area (TPSA) is 15.3 Å². The van der Waals surface area contributed by atoms with E-state index in [9.17, 15) is 0 Å². The van der Waals surface area contributed by atoms with E-state index in [1.54, 1.807) is 0 Å². The first-order valence-corrected chi connectivity index (χ1v) is 8.78. The SMILES string of the molecule is CCNC1CCCCCCC1N(C)C1CCCCC1. The smallest absolute Gasteiger partial charge is 0.0249 e. The molecule has 0 aromatic rings. The van der Waals surface area contributed by atoms with Crippen LogP contribution < -0.4 is 5.32 Å². The van der Waals surface area contributed by atoms with E-state index in [2.05, 4.69) is 24.2 Å². The molecule has 2 rings (SSSR count). The zero-order valence-corrected chi connectivity index (χ0v) is 13.2. The van der Waals surface area contributed by atoms with Crippen molar-refractivity contribution in [2.24, 2.45) is 0 Å². The second-order valence-corrected chi connectivity index (χ2v) is 6.68. The Kier molecular flexibility index (Phi) is 6.66. The van der Waals surface area contributed by atoms with Crippen LogP contribution in [0.15, 0.2) is 0 Å². The number of nitrogens with one attached hydrogen (secondary N) is 1. The van der Waals surface area contributed by atoms with Crippen molar-refractivity contribution < 1.29 is 0 Å². The van der Waals surface area contributed by atoms with Crippen molar-refractivity contribution in [3.05, 3.63) is 0 Å². The molecule has 0 heterocycles. The van der Waals surface area contributed by atoms with Gasteiger partial charge in [-0.2, -0.15) is 0 Å². The van der Waals surface area contributed by atoms with Gasteiger partial charge >= 0.3 is 0 Å². The van der Waals surface area contributed by atoms with Gasteiger partial charge in [0.15, 0.2) is 0 Å². The summed E-state index contributed by atoms with van der Waals surface area (Å²) in [5, 5.41) is 3.78. The Bertz CT molecular complexity index is 235. The molecule has 0 radical (unpaired) electrons. The van der Waals surface area contributed by atoms with Crippen molar-refractivity contribution >= 4 is 0 Å². The summed E-state index contributed by atoms with van der Waals surface area (Å²) in [6.45, 7) is 3.39. The zero-order chi connectivity index (χ0) is 13.5. The highest BCUT2D eigenvalue weighted by atomic mass is 15.2. The third-order valence-electron chi connectivity index (χ3n) is 5.37. The molecule has 0 amide bonds. The van der Waals surface area contributed by atoms with Crippen molar-refractivity contribution in [3.63, 3.8) is 0 Å². The van der Waals surface area contributed by atoms with Crippen molar-refractivity contribution in [2.45, 2.75) is 95.7 Å². The molecule has 2 heteroatoms. The molecule has 2 aliphatic rings. The first-order valence-electron chi connectivity index (χ1n) is 8.78. The maximum Gasteiger partial charge on any atom is 0.0249 e. The molecule has 2 atom stereocenters. The standard InChI is InChI=1S/C17H34N2/c1-3-18-16-13-9-4-5-10-14-17(16)19(2)15-11-7-6-8-12-15/h15-18H,3-14H2,1-2H3. The lowest BCUT2D eigenvalue weighted by Crippen LogP contribution is -2.52. The fourth-order valence-corrected chi connectivity index (χ4v) is 4.21. The van der Waals surface area contributed by atoms with Crippen LogP contribution in [-0.2, 0) is 0 Å². The first-order chi connectivity index (χ1) is 9.33. The van der Waals surface area contributed by atoms with Crippen LogP contribution in [0.2, 0.25) is 0 Å². The summed E-state index contributed by atoms with van der Waals surface area (Å²) < 4.78 is 0. The minimum absolute atomic E-state index is 0.734. The van der Waals surface area contributed by atoms with Crippen LogP contribution in [0.25, 0.3) is 0 Å². The van der Waals surface area contributed by atoms with Gasteiger partial charge in [-0.3, -0.25) is 4.90 Å². The van der Waals surface area contributed by atoms with Crippen LogP contribution >= 0.6 is 0 Å². The molecule has 0 spiro atoms. The Balaban J connectivity index is 1.97. The number of hydrogen-bond acceptors (Lipinski definition) is 2. The summed E-state index contributed by atoms with van der Waals surface area (Å²) in [5.41, 5.74) is 0. The fourth-order valence-electron chi connectivity index (χ4n) is 4.21. The largest absolute Gasteiger partial charge is 0.313 e. The van der Waals surface area contributed by atoms with Crippen LogP contribution in [0.4, 0.5) is 0 Å². The van der Waals surface area contributed by atoms with E-state index < -0.39 is 0 Å². The predicted molar refractivity (Wildman–Crippen MR) is 83.6 cm³/mol. The Hall–Kier alpha value is -0.0800. The molecule has 0 bridgehead atoms. The number of likely N-dealkylation sites (N-methyl/N-ethyl adjacent to an activating group) is 2. The molecule has 0 aromatic carbocycles. The zero-order valence-electron chi connectivity index (χ0n) is 13.2. The Morgan fingerprint density at radius 2 is 1.42 bits per heavy atom. The lowest BCUT2D eigenvalue weighted by atomic mass is 9.87. The Labute approximate surface area is 120 Å². The Morgan fingerprint density at radius 3 is 2.11 bits per heavy atom. The molecule has 19 heavy (non-hydrogen) atoms. The lowest BCUT2D eigenvalue weighted by molar-refractivity contribution is 0.0948. The van der Waals surface area contributed by atoms with E-state index in [-0.39, 0.29) is 0 Å². The van der Waals surface area contributed by atoms with Crippen LogP contribution in [0.3, 0.4) is 0 Å². The molecule has 112 valence electrons. The molecule has 2 nitrogen and oxygen atoms in total. The molecule has 1 N–H and O–H groups in total. The number of hydrogen-bond donors (Lipinski definition) is 1. The van der Waals surface area contributed by atoms with Gasteiger partial charge in [-0.15, -0.1) is 0 Å². The summed E-state index contributed by atoms with van der Waals surface area (Å²) in [6.07, 6.45) is 15.8. The van der Waals surface area contributed by atoms with E-state index in [4.69, 9.17) is 0 Å². The molecule has 2 saturated carbocycles. The maximum absolute atomic E-state index is 3.78. The normalized spacial score (nSPS) is 31.1. The third-order valence-corrected chi connectivity index (χ3v) is 5.37. The minimum Gasteiger partial charge on any atom is -0.313 e. The summed E-state index contributed by atoms with van der Waals surface area (Å²) in [4.78, 5) is 2.76. The van der Waals surface area contributed by atoms with E-state index in [1.807, 2.05) is 0 Å². The first kappa shape index (κ1) is 15.3. The van der Waals surface area contributed by atoms with E-state index in [0.29, 0.717) is 0 Å². The van der Waals surface area contributed by atoms with Crippen LogP contribution in [0.5, 0.6) is 0 Å². The molecule has 2 aliphatic carbocycles. The quantitative estimate of drug-likeness (QED) is 0.829. The van der Waals surface area contributed by atoms with Gasteiger partial charge in [-0.05, 0) is 39.3 Å². The van der Waals surface area contributed by atoms with Crippen molar-refractivity contribution in [2.75, 3.05) is 13.6 Å². The van der Waals surface area contributed by atoms with Gasteiger partial charge in [0.25, 0.3) is 0 Å². The van der Waals surface area contributed by atoms with E-state index in [0.717, 1.165) is 24.7 Å². The average molecular weight is 266 g/mol. The monoisotopic (exact) mass is 266 g/mol. The molecular formula is C17H34N2. The molecular weight excluding hydrogens is 232 g/mol. The van der Waals surface area contributed by atoms with Crippen molar-refractivity contribution in [1.29, 1.82) is 0 Å². The van der Waals surface area contributed by atoms with Gasteiger partial charge < -0.3 is 5.32 Å². The highest BCUT2D eigenvalue weighted by Gasteiger charge is 2.30. The number of rotatable bonds is 4.